The van der Waals surface area contributed by atoms with Crippen molar-refractivity contribution in [1.29, 1.82) is 10.5 Å². The molecule has 0 bridgehead atoms. The second-order valence-corrected chi connectivity index (χ2v) is 8.04. The topological polar surface area (TPSA) is 126 Å². The van der Waals surface area contributed by atoms with E-state index in [1.807, 2.05) is 13.0 Å². The summed E-state index contributed by atoms with van der Waals surface area (Å²) in [4.78, 5) is 21.3. The summed E-state index contributed by atoms with van der Waals surface area (Å²) < 4.78 is 5.50. The van der Waals surface area contributed by atoms with Crippen LogP contribution in [0.15, 0.2) is 54.1 Å². The van der Waals surface area contributed by atoms with Gasteiger partial charge in [-0.05, 0) is 43.7 Å². The first-order valence-electron chi connectivity index (χ1n) is 9.97. The number of thioether (sulfide) groups is 1. The number of ketones is 1. The first kappa shape index (κ1) is 23.5. The standard InChI is InChI=1S/C25H21N5O2S/c1-4-11-32-18-8-6-17(7-9-18)23-20(12-26)24(28)30-25(21(23)13-27)33-14-22(31)19-10-5-15(2)29-16(19)3/h4-10H,1,11,14H2,2-3H3,(H2,28,30). The van der Waals surface area contributed by atoms with Crippen molar-refractivity contribution in [2.24, 2.45) is 0 Å². The highest BCUT2D eigenvalue weighted by atomic mass is 32.2. The average molecular weight is 456 g/mol. The fourth-order valence-electron chi connectivity index (χ4n) is 3.26. The van der Waals surface area contributed by atoms with Crippen LogP contribution < -0.4 is 10.5 Å². The maximum Gasteiger partial charge on any atom is 0.174 e. The lowest BCUT2D eigenvalue weighted by molar-refractivity contribution is 0.102. The Hall–Kier alpha value is -4.14. The lowest BCUT2D eigenvalue weighted by atomic mass is 9.97. The zero-order valence-electron chi connectivity index (χ0n) is 18.3. The number of ether oxygens (including phenoxy) is 1. The van der Waals surface area contributed by atoms with Gasteiger partial charge in [0.1, 0.15) is 40.9 Å². The molecule has 2 heterocycles. The van der Waals surface area contributed by atoms with Crippen molar-refractivity contribution in [2.75, 3.05) is 18.1 Å². The number of aryl methyl sites for hydroxylation is 2. The molecule has 0 saturated carbocycles. The van der Waals surface area contributed by atoms with E-state index >= 15 is 0 Å². The number of benzene rings is 1. The monoisotopic (exact) mass is 455 g/mol. The minimum Gasteiger partial charge on any atom is -0.490 e. The smallest absolute Gasteiger partial charge is 0.174 e. The first-order chi connectivity index (χ1) is 15.9. The van der Waals surface area contributed by atoms with Gasteiger partial charge in [0.25, 0.3) is 0 Å². The summed E-state index contributed by atoms with van der Waals surface area (Å²) >= 11 is 1.11. The van der Waals surface area contributed by atoms with Crippen LogP contribution in [0.5, 0.6) is 5.75 Å². The van der Waals surface area contributed by atoms with Crippen LogP contribution in [-0.4, -0.2) is 28.1 Å². The van der Waals surface area contributed by atoms with Gasteiger partial charge >= 0.3 is 0 Å². The van der Waals surface area contributed by atoms with Crippen molar-refractivity contribution >= 4 is 23.4 Å². The Labute approximate surface area is 196 Å². The summed E-state index contributed by atoms with van der Waals surface area (Å²) in [6.07, 6.45) is 1.64. The van der Waals surface area contributed by atoms with Crippen LogP contribution in [0.25, 0.3) is 11.1 Å². The van der Waals surface area contributed by atoms with Crippen LogP contribution in [0.4, 0.5) is 5.82 Å². The first-order valence-corrected chi connectivity index (χ1v) is 11.0. The van der Waals surface area contributed by atoms with Gasteiger partial charge in [-0.15, -0.1) is 0 Å². The maximum absolute atomic E-state index is 12.8. The lowest BCUT2D eigenvalue weighted by Gasteiger charge is -2.13. The highest BCUT2D eigenvalue weighted by Crippen LogP contribution is 2.36. The average Bonchev–Trinajstić information content (AvgIpc) is 2.81. The number of nitrogens with two attached hydrogens (primary N) is 1. The molecule has 7 nitrogen and oxygen atoms in total. The van der Waals surface area contributed by atoms with E-state index in [1.54, 1.807) is 49.4 Å². The molecule has 0 atom stereocenters. The Kier molecular flexibility index (Phi) is 7.45. The van der Waals surface area contributed by atoms with E-state index in [-0.39, 0.29) is 28.5 Å². The third kappa shape index (κ3) is 5.20. The van der Waals surface area contributed by atoms with Crippen molar-refractivity contribution in [3.63, 3.8) is 0 Å². The van der Waals surface area contributed by atoms with Crippen LogP contribution in [0.3, 0.4) is 0 Å². The van der Waals surface area contributed by atoms with Gasteiger partial charge in [0.05, 0.1) is 11.3 Å². The van der Waals surface area contributed by atoms with Gasteiger partial charge in [0.2, 0.25) is 0 Å². The van der Waals surface area contributed by atoms with Crippen LogP contribution in [0.1, 0.15) is 32.9 Å². The summed E-state index contributed by atoms with van der Waals surface area (Å²) in [5.74, 6) is 0.539. The van der Waals surface area contributed by atoms with E-state index in [9.17, 15) is 15.3 Å². The molecule has 8 heteroatoms. The fraction of sp³-hybridized carbons (Fsp3) is 0.160. The summed E-state index contributed by atoms with van der Waals surface area (Å²) in [5.41, 5.74) is 9.36. The fourth-order valence-corrected chi connectivity index (χ4v) is 4.14. The van der Waals surface area contributed by atoms with Crippen LogP contribution >= 0.6 is 11.8 Å². The highest BCUT2D eigenvalue weighted by molar-refractivity contribution is 8.00. The second-order valence-electron chi connectivity index (χ2n) is 7.07. The molecule has 0 aliphatic rings. The van der Waals surface area contributed by atoms with Gasteiger partial charge in [0, 0.05) is 22.5 Å². The van der Waals surface area contributed by atoms with E-state index in [0.29, 0.717) is 39.8 Å². The number of nitrogen functional groups attached to an aromatic ring is 1. The number of Topliss-reactive ketones (excluding diaryl/α,β-unsaturated/α-hetero) is 1. The van der Waals surface area contributed by atoms with Crippen LogP contribution in [-0.2, 0) is 0 Å². The predicted molar refractivity (Wildman–Crippen MR) is 128 cm³/mol. The molecule has 2 aromatic heterocycles. The largest absolute Gasteiger partial charge is 0.490 e. The molecule has 0 aliphatic heterocycles. The minimum atomic E-state index is -0.135. The number of carbonyl (C=O) groups excluding carboxylic acids is 1. The number of pyridine rings is 2. The molecular weight excluding hydrogens is 434 g/mol. The number of hydrogen-bond donors (Lipinski definition) is 1. The number of aromatic nitrogens is 2. The third-order valence-corrected chi connectivity index (χ3v) is 5.77. The molecular formula is C25H21N5O2S. The summed E-state index contributed by atoms with van der Waals surface area (Å²) in [6.45, 7) is 7.62. The molecule has 0 unspecified atom stereocenters. The SMILES string of the molecule is C=CCOc1ccc(-c2c(C#N)c(N)nc(SCC(=O)c3ccc(C)nc3C)c2C#N)cc1. The van der Waals surface area contributed by atoms with Gasteiger partial charge in [-0.2, -0.15) is 10.5 Å². The molecule has 3 rings (SSSR count). The van der Waals surface area contributed by atoms with Gasteiger partial charge in [-0.25, -0.2) is 4.98 Å². The zero-order valence-corrected chi connectivity index (χ0v) is 19.1. The number of carbonyl (C=O) groups is 1. The molecule has 0 spiro atoms. The Bertz CT molecular complexity index is 1300. The van der Waals surface area contributed by atoms with Crippen molar-refractivity contribution in [3.8, 4) is 29.0 Å². The second kappa shape index (κ2) is 10.4. The number of nitrogens with zero attached hydrogens (tertiary/aromatic N) is 4. The molecule has 0 fully saturated rings. The quantitative estimate of drug-likeness (QED) is 0.296. The van der Waals surface area contributed by atoms with Crippen LogP contribution in [0, 0.1) is 36.5 Å². The molecule has 33 heavy (non-hydrogen) atoms. The van der Waals surface area contributed by atoms with E-state index in [0.717, 1.165) is 17.5 Å². The summed E-state index contributed by atoms with van der Waals surface area (Å²) in [5, 5.41) is 19.9. The highest BCUT2D eigenvalue weighted by Gasteiger charge is 2.22. The third-order valence-electron chi connectivity index (χ3n) is 4.79. The molecule has 0 radical (unpaired) electrons. The van der Waals surface area contributed by atoms with Gasteiger partial charge in [0.15, 0.2) is 5.78 Å². The van der Waals surface area contributed by atoms with E-state index < -0.39 is 0 Å². The van der Waals surface area contributed by atoms with Gasteiger partial charge < -0.3 is 10.5 Å². The summed E-state index contributed by atoms with van der Waals surface area (Å²) in [6, 6.07) is 14.7. The van der Waals surface area contributed by atoms with Gasteiger partial charge in [-0.1, -0.05) is 36.5 Å². The van der Waals surface area contributed by atoms with Crippen LogP contribution in [0.2, 0.25) is 0 Å². The van der Waals surface area contributed by atoms with Crippen molar-refractivity contribution in [2.45, 2.75) is 18.9 Å². The number of hydrogen-bond acceptors (Lipinski definition) is 8. The molecule has 0 saturated heterocycles. The maximum atomic E-state index is 12.8. The normalized spacial score (nSPS) is 10.2. The zero-order chi connectivity index (χ0) is 24.0. The van der Waals surface area contributed by atoms with Crippen molar-refractivity contribution in [1.82, 2.24) is 9.97 Å². The molecule has 164 valence electrons. The molecule has 3 aromatic rings. The van der Waals surface area contributed by atoms with E-state index in [2.05, 4.69) is 22.6 Å². The van der Waals surface area contributed by atoms with E-state index in [4.69, 9.17) is 10.5 Å². The number of anilines is 1. The molecule has 0 aliphatic carbocycles. The van der Waals surface area contributed by atoms with E-state index in [1.165, 1.54) is 0 Å². The summed E-state index contributed by atoms with van der Waals surface area (Å²) in [7, 11) is 0. The Morgan fingerprint density at radius 3 is 2.42 bits per heavy atom. The molecule has 0 amide bonds. The van der Waals surface area contributed by atoms with Crippen molar-refractivity contribution < 1.29 is 9.53 Å². The Morgan fingerprint density at radius 2 is 1.82 bits per heavy atom. The lowest BCUT2D eigenvalue weighted by Crippen LogP contribution is -2.08. The van der Waals surface area contributed by atoms with Crippen molar-refractivity contribution in [3.05, 3.63) is 77.1 Å². The van der Waals surface area contributed by atoms with Gasteiger partial charge in [-0.3, -0.25) is 9.78 Å². The Morgan fingerprint density at radius 1 is 1.12 bits per heavy atom. The number of rotatable bonds is 8. The molecule has 1 aromatic carbocycles. The number of nitriles is 2. The predicted octanol–water partition coefficient (Wildman–Crippen LogP) is 4.63. The minimum absolute atomic E-state index is 0.00150. The molecule has 2 N–H and O–H groups in total. The Balaban J connectivity index is 1.98.